The van der Waals surface area contributed by atoms with Gasteiger partial charge in [-0.3, -0.25) is 0 Å². The molecule has 0 bridgehead atoms. The Labute approximate surface area is 93.5 Å². The lowest BCUT2D eigenvalue weighted by Gasteiger charge is -2.25. The second-order valence-corrected chi connectivity index (χ2v) is 4.05. The summed E-state index contributed by atoms with van der Waals surface area (Å²) in [7, 11) is 1.79. The van der Waals surface area contributed by atoms with Crippen LogP contribution in [0.1, 0.15) is 38.2 Å². The van der Waals surface area contributed by atoms with E-state index in [0.717, 1.165) is 6.61 Å². The summed E-state index contributed by atoms with van der Waals surface area (Å²) in [5.41, 5.74) is 1.45. The van der Waals surface area contributed by atoms with E-state index in [0.29, 0.717) is 11.8 Å². The smallest absolute Gasteiger partial charge is 0.0496 e. The van der Waals surface area contributed by atoms with E-state index in [1.807, 2.05) is 0 Å². The molecule has 15 heavy (non-hydrogen) atoms. The van der Waals surface area contributed by atoms with Crippen LogP contribution in [0.2, 0.25) is 0 Å². The Hall–Kier alpha value is -0.820. The van der Waals surface area contributed by atoms with Crippen LogP contribution in [0.4, 0.5) is 0 Å². The van der Waals surface area contributed by atoms with E-state index in [2.05, 4.69) is 44.2 Å². The zero-order valence-electron chi connectivity index (χ0n) is 10.1. The number of hydrogen-bond acceptors (Lipinski definition) is 1. The Morgan fingerprint density at radius 2 is 1.73 bits per heavy atom. The molecule has 1 rings (SSSR count). The highest BCUT2D eigenvalue weighted by atomic mass is 16.5. The van der Waals surface area contributed by atoms with Gasteiger partial charge in [-0.15, -0.1) is 0 Å². The summed E-state index contributed by atoms with van der Waals surface area (Å²) < 4.78 is 5.30. The lowest BCUT2D eigenvalue weighted by Crippen LogP contribution is -2.16. The largest absolute Gasteiger partial charge is 0.384 e. The molecule has 0 amide bonds. The van der Waals surface area contributed by atoms with E-state index in [-0.39, 0.29) is 0 Å². The minimum Gasteiger partial charge on any atom is -0.384 e. The van der Waals surface area contributed by atoms with Gasteiger partial charge in [-0.1, -0.05) is 50.6 Å². The molecule has 0 fully saturated rings. The molecule has 0 radical (unpaired) electrons. The topological polar surface area (TPSA) is 9.23 Å². The summed E-state index contributed by atoms with van der Waals surface area (Å²) >= 11 is 0. The molecule has 1 nitrogen and oxygen atoms in total. The minimum absolute atomic E-state index is 0.635. The molecule has 1 heteroatoms. The van der Waals surface area contributed by atoms with Crippen molar-refractivity contribution < 1.29 is 4.74 Å². The molecular formula is C14H22O. The zero-order valence-corrected chi connectivity index (χ0v) is 10.1. The highest BCUT2D eigenvalue weighted by Gasteiger charge is 2.19. The average molecular weight is 206 g/mol. The maximum absolute atomic E-state index is 5.30. The van der Waals surface area contributed by atoms with Crippen LogP contribution in [0.3, 0.4) is 0 Å². The van der Waals surface area contributed by atoms with Crippen LogP contribution in [0.15, 0.2) is 30.3 Å². The quantitative estimate of drug-likeness (QED) is 0.687. The number of hydrogen-bond donors (Lipinski definition) is 0. The molecule has 0 aliphatic carbocycles. The van der Waals surface area contributed by atoms with Crippen molar-refractivity contribution in [2.45, 2.75) is 32.6 Å². The van der Waals surface area contributed by atoms with Gasteiger partial charge in [-0.2, -0.15) is 0 Å². The van der Waals surface area contributed by atoms with Crippen LogP contribution in [-0.2, 0) is 4.74 Å². The Bertz CT molecular complexity index is 255. The predicted molar refractivity (Wildman–Crippen MR) is 65.1 cm³/mol. The third-order valence-electron chi connectivity index (χ3n) is 3.14. The third kappa shape index (κ3) is 3.35. The first-order valence-electron chi connectivity index (χ1n) is 5.87. The van der Waals surface area contributed by atoms with E-state index in [1.165, 1.54) is 18.4 Å². The SMILES string of the molecule is CCC(COC)C(CC)c1ccccc1. The Morgan fingerprint density at radius 1 is 1.07 bits per heavy atom. The molecule has 2 atom stereocenters. The molecule has 84 valence electrons. The number of methoxy groups -OCH3 is 1. The molecule has 0 aliphatic heterocycles. The first kappa shape index (κ1) is 12.3. The van der Waals surface area contributed by atoms with Gasteiger partial charge < -0.3 is 4.74 Å². The van der Waals surface area contributed by atoms with Crippen molar-refractivity contribution in [2.75, 3.05) is 13.7 Å². The molecule has 0 saturated heterocycles. The zero-order chi connectivity index (χ0) is 11.1. The maximum atomic E-state index is 5.30. The van der Waals surface area contributed by atoms with Crippen molar-refractivity contribution in [3.05, 3.63) is 35.9 Å². The van der Waals surface area contributed by atoms with Crippen molar-refractivity contribution in [1.82, 2.24) is 0 Å². The Morgan fingerprint density at radius 3 is 2.20 bits per heavy atom. The summed E-state index contributed by atoms with van der Waals surface area (Å²) in [6, 6.07) is 10.8. The lowest BCUT2D eigenvalue weighted by molar-refractivity contribution is 0.134. The van der Waals surface area contributed by atoms with Crippen molar-refractivity contribution >= 4 is 0 Å². The average Bonchev–Trinajstić information content (AvgIpc) is 2.30. The van der Waals surface area contributed by atoms with Crippen LogP contribution in [0.25, 0.3) is 0 Å². The normalized spacial score (nSPS) is 14.9. The highest BCUT2D eigenvalue weighted by Crippen LogP contribution is 2.30. The van der Waals surface area contributed by atoms with E-state index in [4.69, 9.17) is 4.74 Å². The number of benzene rings is 1. The van der Waals surface area contributed by atoms with Crippen LogP contribution >= 0.6 is 0 Å². The highest BCUT2D eigenvalue weighted by molar-refractivity contribution is 5.20. The Kier molecular flexibility index (Phi) is 5.41. The third-order valence-corrected chi connectivity index (χ3v) is 3.14. The van der Waals surface area contributed by atoms with Crippen LogP contribution in [-0.4, -0.2) is 13.7 Å². The molecule has 2 unspecified atom stereocenters. The fourth-order valence-electron chi connectivity index (χ4n) is 2.27. The first-order chi connectivity index (χ1) is 7.33. The van der Waals surface area contributed by atoms with Crippen molar-refractivity contribution in [2.24, 2.45) is 5.92 Å². The number of ether oxygens (including phenoxy) is 1. The van der Waals surface area contributed by atoms with Crippen LogP contribution in [0.5, 0.6) is 0 Å². The van der Waals surface area contributed by atoms with Gasteiger partial charge in [0.25, 0.3) is 0 Å². The standard InChI is InChI=1S/C14H22O/c1-4-12(11-15-3)14(5-2)13-9-7-6-8-10-13/h6-10,12,14H,4-5,11H2,1-3H3. The number of rotatable bonds is 6. The molecule has 1 aromatic carbocycles. The predicted octanol–water partition coefficient (Wildman–Crippen LogP) is 3.85. The van der Waals surface area contributed by atoms with Gasteiger partial charge in [-0.05, 0) is 23.8 Å². The first-order valence-corrected chi connectivity index (χ1v) is 5.87. The van der Waals surface area contributed by atoms with Gasteiger partial charge in [-0.25, -0.2) is 0 Å². The van der Waals surface area contributed by atoms with Gasteiger partial charge in [0.05, 0.1) is 0 Å². The van der Waals surface area contributed by atoms with Gasteiger partial charge >= 0.3 is 0 Å². The minimum atomic E-state index is 0.635. The summed E-state index contributed by atoms with van der Waals surface area (Å²) in [4.78, 5) is 0. The summed E-state index contributed by atoms with van der Waals surface area (Å²) in [5.74, 6) is 1.28. The molecule has 0 saturated carbocycles. The fraction of sp³-hybridized carbons (Fsp3) is 0.571. The van der Waals surface area contributed by atoms with Crippen LogP contribution in [0, 0.1) is 5.92 Å². The second-order valence-electron chi connectivity index (χ2n) is 4.05. The van der Waals surface area contributed by atoms with E-state index >= 15 is 0 Å². The molecule has 0 spiro atoms. The van der Waals surface area contributed by atoms with Crippen molar-refractivity contribution in [3.63, 3.8) is 0 Å². The molecule has 0 N–H and O–H groups in total. The van der Waals surface area contributed by atoms with Gasteiger partial charge in [0.1, 0.15) is 0 Å². The summed E-state index contributed by atoms with van der Waals surface area (Å²) in [6.07, 6.45) is 2.37. The van der Waals surface area contributed by atoms with Gasteiger partial charge in [0, 0.05) is 13.7 Å². The van der Waals surface area contributed by atoms with E-state index in [9.17, 15) is 0 Å². The maximum Gasteiger partial charge on any atom is 0.0496 e. The molecular weight excluding hydrogens is 184 g/mol. The van der Waals surface area contributed by atoms with Gasteiger partial charge in [0.2, 0.25) is 0 Å². The van der Waals surface area contributed by atoms with E-state index < -0.39 is 0 Å². The van der Waals surface area contributed by atoms with Crippen LogP contribution < -0.4 is 0 Å². The fourth-order valence-corrected chi connectivity index (χ4v) is 2.27. The second kappa shape index (κ2) is 6.62. The lowest BCUT2D eigenvalue weighted by atomic mass is 9.83. The Balaban J connectivity index is 2.77. The molecule has 0 aromatic heterocycles. The summed E-state index contributed by atoms with van der Waals surface area (Å²) in [5, 5.41) is 0. The molecule has 1 aromatic rings. The molecule has 0 heterocycles. The van der Waals surface area contributed by atoms with E-state index in [1.54, 1.807) is 7.11 Å². The van der Waals surface area contributed by atoms with Gasteiger partial charge in [0.15, 0.2) is 0 Å². The molecule has 0 aliphatic rings. The van der Waals surface area contributed by atoms with Crippen molar-refractivity contribution in [1.29, 1.82) is 0 Å². The monoisotopic (exact) mass is 206 g/mol. The van der Waals surface area contributed by atoms with Crippen molar-refractivity contribution in [3.8, 4) is 0 Å². The summed E-state index contributed by atoms with van der Waals surface area (Å²) in [6.45, 7) is 5.37.